The highest BCUT2D eigenvalue weighted by Crippen LogP contribution is 2.28. The highest BCUT2D eigenvalue weighted by molar-refractivity contribution is 5.51. The van der Waals surface area contributed by atoms with Crippen molar-refractivity contribution in [3.8, 4) is 0 Å². The largest absolute Gasteiger partial charge is 0.405 e. The number of benzene rings is 1. The first kappa shape index (κ1) is 17.6. The molecule has 0 saturated carbocycles. The third-order valence-electron chi connectivity index (χ3n) is 2.71. The van der Waals surface area contributed by atoms with Gasteiger partial charge in [0.2, 0.25) is 0 Å². The maximum Gasteiger partial charge on any atom is 0.405 e. The molecule has 2 N–H and O–H groups in total. The van der Waals surface area contributed by atoms with Crippen molar-refractivity contribution < 1.29 is 27.1 Å². The van der Waals surface area contributed by atoms with Crippen LogP contribution in [0, 0.1) is 11.6 Å². The van der Waals surface area contributed by atoms with Crippen LogP contribution in [0.15, 0.2) is 12.1 Å². The van der Waals surface area contributed by atoms with E-state index in [1.807, 2.05) is 6.92 Å². The topological polar surface area (TPSA) is 35.5 Å². The molecular formula is C13H17F5N2O. The molecule has 0 aliphatic rings. The minimum atomic E-state index is -4.63. The summed E-state index contributed by atoms with van der Waals surface area (Å²) in [6.07, 6.45) is -4.63. The number of hydrogen-bond donors (Lipinski definition) is 2. The van der Waals surface area contributed by atoms with E-state index in [1.54, 1.807) is 0 Å². The number of alkyl halides is 3. The van der Waals surface area contributed by atoms with E-state index in [4.69, 9.17) is 5.11 Å². The van der Waals surface area contributed by atoms with Gasteiger partial charge in [0.05, 0.1) is 6.61 Å². The van der Waals surface area contributed by atoms with E-state index >= 15 is 0 Å². The lowest BCUT2D eigenvalue weighted by Gasteiger charge is -2.26. The summed E-state index contributed by atoms with van der Waals surface area (Å²) in [5, 5.41) is 11.6. The van der Waals surface area contributed by atoms with Crippen LogP contribution in [0.5, 0.6) is 0 Å². The molecule has 0 amide bonds. The number of hydrogen-bond acceptors (Lipinski definition) is 3. The average Bonchev–Trinajstić information content (AvgIpc) is 2.33. The van der Waals surface area contributed by atoms with E-state index in [2.05, 4.69) is 5.32 Å². The van der Waals surface area contributed by atoms with Crippen LogP contribution in [0.2, 0.25) is 0 Å². The Hall–Kier alpha value is -1.41. The lowest BCUT2D eigenvalue weighted by molar-refractivity contribution is -0.120. The standard InChI is InChI=1S/C13H17F5N2O/c1-2-19-7-9-5-10(14)12(11(15)6-9)20(3-4-21)8-13(16,17)18/h5-6,19,21H,2-4,7-8H2,1H3. The van der Waals surface area contributed by atoms with Gasteiger partial charge in [0.25, 0.3) is 0 Å². The number of aliphatic hydroxyl groups excluding tert-OH is 1. The number of nitrogens with zero attached hydrogens (tertiary/aromatic N) is 1. The maximum absolute atomic E-state index is 13.9. The molecule has 0 heterocycles. The van der Waals surface area contributed by atoms with Gasteiger partial charge in [-0.3, -0.25) is 0 Å². The molecule has 3 nitrogen and oxygen atoms in total. The van der Waals surface area contributed by atoms with E-state index in [0.717, 1.165) is 12.1 Å². The summed E-state index contributed by atoms with van der Waals surface area (Å²) in [6.45, 7) is -0.0745. The average molecular weight is 312 g/mol. The Balaban J connectivity index is 3.07. The normalized spacial score (nSPS) is 11.8. The first-order valence-corrected chi connectivity index (χ1v) is 6.39. The van der Waals surface area contributed by atoms with Crippen molar-refractivity contribution >= 4 is 5.69 Å². The summed E-state index contributed by atoms with van der Waals surface area (Å²) in [5.41, 5.74) is -0.479. The second kappa shape index (κ2) is 7.56. The third-order valence-corrected chi connectivity index (χ3v) is 2.71. The first-order valence-electron chi connectivity index (χ1n) is 6.39. The van der Waals surface area contributed by atoms with Crippen molar-refractivity contribution in [2.75, 3.05) is 31.1 Å². The Kier molecular flexibility index (Phi) is 6.35. The van der Waals surface area contributed by atoms with Crippen LogP contribution in [0.3, 0.4) is 0 Å². The minimum Gasteiger partial charge on any atom is -0.395 e. The van der Waals surface area contributed by atoms with E-state index in [-0.39, 0.29) is 6.54 Å². The van der Waals surface area contributed by atoms with Crippen molar-refractivity contribution in [3.63, 3.8) is 0 Å². The monoisotopic (exact) mass is 312 g/mol. The van der Waals surface area contributed by atoms with Gasteiger partial charge in [-0.25, -0.2) is 8.78 Å². The zero-order valence-corrected chi connectivity index (χ0v) is 11.5. The van der Waals surface area contributed by atoms with Crippen LogP contribution in [-0.2, 0) is 6.54 Å². The summed E-state index contributed by atoms with van der Waals surface area (Å²) in [5.74, 6) is -2.17. The molecule has 0 radical (unpaired) electrons. The quantitative estimate of drug-likeness (QED) is 0.759. The van der Waals surface area contributed by atoms with Crippen LogP contribution < -0.4 is 10.2 Å². The molecule has 21 heavy (non-hydrogen) atoms. The van der Waals surface area contributed by atoms with Crippen molar-refractivity contribution in [1.82, 2.24) is 5.32 Å². The van der Waals surface area contributed by atoms with Gasteiger partial charge in [-0.1, -0.05) is 6.92 Å². The lowest BCUT2D eigenvalue weighted by Crippen LogP contribution is -2.37. The molecule has 0 atom stereocenters. The fourth-order valence-electron chi connectivity index (χ4n) is 1.90. The number of halogens is 5. The molecule has 0 saturated heterocycles. The van der Waals surface area contributed by atoms with Crippen LogP contribution in [0.1, 0.15) is 12.5 Å². The second-order valence-electron chi connectivity index (χ2n) is 4.45. The molecule has 1 rings (SSSR count). The summed E-state index contributed by atoms with van der Waals surface area (Å²) < 4.78 is 65.2. The molecule has 120 valence electrons. The number of nitrogens with one attached hydrogen (secondary N) is 1. The zero-order chi connectivity index (χ0) is 16.0. The second-order valence-corrected chi connectivity index (χ2v) is 4.45. The summed E-state index contributed by atoms with van der Waals surface area (Å²) in [4.78, 5) is 0.446. The van der Waals surface area contributed by atoms with Gasteiger partial charge in [0, 0.05) is 13.1 Å². The predicted octanol–water partition coefficient (Wildman–Crippen LogP) is 2.44. The molecule has 0 aliphatic heterocycles. The fourth-order valence-corrected chi connectivity index (χ4v) is 1.90. The van der Waals surface area contributed by atoms with E-state index in [0.29, 0.717) is 17.0 Å². The van der Waals surface area contributed by atoms with Crippen LogP contribution in [0.25, 0.3) is 0 Å². The summed E-state index contributed by atoms with van der Waals surface area (Å²) in [7, 11) is 0. The van der Waals surface area contributed by atoms with E-state index in [1.165, 1.54) is 0 Å². The Bertz CT molecular complexity index is 441. The van der Waals surface area contributed by atoms with Gasteiger partial charge in [0.15, 0.2) is 0 Å². The van der Waals surface area contributed by atoms with Gasteiger partial charge in [-0.15, -0.1) is 0 Å². The molecular weight excluding hydrogens is 295 g/mol. The molecule has 1 aromatic rings. The SMILES string of the molecule is CCNCc1cc(F)c(N(CCO)CC(F)(F)F)c(F)c1. The lowest BCUT2D eigenvalue weighted by atomic mass is 10.1. The van der Waals surface area contributed by atoms with Gasteiger partial charge in [-0.05, 0) is 24.2 Å². The van der Waals surface area contributed by atoms with Crippen molar-refractivity contribution in [2.45, 2.75) is 19.6 Å². The summed E-state index contributed by atoms with van der Waals surface area (Å²) in [6, 6.07) is 1.98. The molecule has 0 unspecified atom stereocenters. The number of anilines is 1. The fraction of sp³-hybridized carbons (Fsp3) is 0.538. The third kappa shape index (κ3) is 5.47. The van der Waals surface area contributed by atoms with Crippen molar-refractivity contribution in [3.05, 3.63) is 29.3 Å². The Labute approximate surface area is 119 Å². The molecule has 0 bridgehead atoms. The molecule has 0 aromatic heterocycles. The smallest absolute Gasteiger partial charge is 0.395 e. The van der Waals surface area contributed by atoms with Crippen molar-refractivity contribution in [2.24, 2.45) is 0 Å². The summed E-state index contributed by atoms with van der Waals surface area (Å²) >= 11 is 0. The van der Waals surface area contributed by atoms with Crippen LogP contribution in [-0.4, -0.2) is 37.5 Å². The molecule has 8 heteroatoms. The van der Waals surface area contributed by atoms with Gasteiger partial charge < -0.3 is 15.3 Å². The first-order chi connectivity index (χ1) is 9.78. The molecule has 0 spiro atoms. The Morgan fingerprint density at radius 3 is 2.19 bits per heavy atom. The van der Waals surface area contributed by atoms with E-state index < -0.39 is 43.2 Å². The van der Waals surface area contributed by atoms with Crippen LogP contribution >= 0.6 is 0 Å². The molecule has 0 aliphatic carbocycles. The molecule has 1 aromatic carbocycles. The molecule has 0 fully saturated rings. The van der Waals surface area contributed by atoms with Gasteiger partial charge in [0.1, 0.15) is 23.9 Å². The van der Waals surface area contributed by atoms with Gasteiger partial charge >= 0.3 is 6.18 Å². The van der Waals surface area contributed by atoms with E-state index in [9.17, 15) is 22.0 Å². The zero-order valence-electron chi connectivity index (χ0n) is 11.5. The Morgan fingerprint density at radius 2 is 1.76 bits per heavy atom. The van der Waals surface area contributed by atoms with Crippen LogP contribution in [0.4, 0.5) is 27.6 Å². The number of aliphatic hydroxyl groups is 1. The predicted molar refractivity (Wildman–Crippen MR) is 69.1 cm³/mol. The van der Waals surface area contributed by atoms with Gasteiger partial charge in [-0.2, -0.15) is 13.2 Å². The number of rotatable bonds is 7. The van der Waals surface area contributed by atoms with Crippen molar-refractivity contribution in [1.29, 1.82) is 0 Å². The highest BCUT2D eigenvalue weighted by atomic mass is 19.4. The Morgan fingerprint density at radius 1 is 1.19 bits per heavy atom. The highest BCUT2D eigenvalue weighted by Gasteiger charge is 2.32. The minimum absolute atomic E-state index is 0.212. The maximum atomic E-state index is 13.9.